The molecule has 0 spiro atoms. The summed E-state index contributed by atoms with van der Waals surface area (Å²) < 4.78 is 15.8. The highest BCUT2D eigenvalue weighted by molar-refractivity contribution is 5.87. The lowest BCUT2D eigenvalue weighted by Crippen LogP contribution is -2.51. The van der Waals surface area contributed by atoms with Crippen LogP contribution in [0.4, 0.5) is 4.79 Å². The molecule has 0 bridgehead atoms. The van der Waals surface area contributed by atoms with Crippen molar-refractivity contribution in [1.82, 2.24) is 16.0 Å². The fourth-order valence-corrected chi connectivity index (χ4v) is 6.06. The first-order valence-electron chi connectivity index (χ1n) is 18.1. The van der Waals surface area contributed by atoms with Gasteiger partial charge in [-0.2, -0.15) is 0 Å². The van der Waals surface area contributed by atoms with Crippen LogP contribution in [0.25, 0.3) is 0 Å². The van der Waals surface area contributed by atoms with Crippen LogP contribution in [0.1, 0.15) is 68.4 Å². The number of hydrogen-bond donors (Lipinski definition) is 3. The van der Waals surface area contributed by atoms with Crippen LogP contribution < -0.4 is 16.0 Å². The van der Waals surface area contributed by atoms with Crippen molar-refractivity contribution in [2.45, 2.75) is 76.8 Å². The van der Waals surface area contributed by atoms with Crippen LogP contribution >= 0.6 is 0 Å². The average molecular weight is 734 g/mol. The normalized spacial score (nSPS) is 12.7. The summed E-state index contributed by atoms with van der Waals surface area (Å²) in [4.78, 5) is 53.4. The molecule has 0 saturated heterocycles. The Kier molecular flexibility index (Phi) is 15.1. The van der Waals surface area contributed by atoms with E-state index in [1.807, 2.05) is 115 Å². The molecule has 0 aromatic heterocycles. The third-order valence-corrected chi connectivity index (χ3v) is 8.49. The Morgan fingerprint density at radius 3 is 1.72 bits per heavy atom. The Bertz CT molecular complexity index is 1730. The quantitative estimate of drug-likeness (QED) is 0.0621. The van der Waals surface area contributed by atoms with Crippen LogP contribution in [0.5, 0.6) is 0 Å². The minimum Gasteiger partial charge on any atom is -0.463 e. The number of hydrogen-bond acceptors (Lipinski definition) is 7. The Labute approximate surface area is 318 Å². The van der Waals surface area contributed by atoms with Crippen molar-refractivity contribution in [3.05, 3.63) is 155 Å². The number of esters is 1. The second-order valence-corrected chi connectivity index (χ2v) is 13.8. The van der Waals surface area contributed by atoms with Gasteiger partial charge in [-0.15, -0.1) is 0 Å². The standard InChI is InChI=1S/C44H51N3O7/c1-6-53-40(49)29-27-37(45-41(50)38(46-42(51)54-43(2,3)4)30-32-22-24-33(25-23-32)31-52-5)26-28-39(48)47-44(34-16-10-7-11-17-34,35-18-12-8-13-19-35)36-20-14-9-15-21-36/h7-25,27,29,37-38H,6,26,28,30-31H2,1-5H3,(H,45,50)(H,46,51)(H,47,48)/b29-27+/t37-,38-/m0/s1. The fraction of sp³-hybridized carbons (Fsp3) is 0.318. The number of benzene rings is 4. The van der Waals surface area contributed by atoms with E-state index in [0.717, 1.165) is 27.8 Å². The van der Waals surface area contributed by atoms with Gasteiger partial charge in [0, 0.05) is 32.1 Å². The summed E-state index contributed by atoms with van der Waals surface area (Å²) >= 11 is 0. The lowest BCUT2D eigenvalue weighted by Gasteiger charge is -2.37. The summed E-state index contributed by atoms with van der Waals surface area (Å²) in [6, 6.07) is 35.0. The Morgan fingerprint density at radius 1 is 0.722 bits per heavy atom. The molecule has 3 amide bonds. The summed E-state index contributed by atoms with van der Waals surface area (Å²) in [6.07, 6.45) is 2.26. The predicted octanol–water partition coefficient (Wildman–Crippen LogP) is 6.76. The summed E-state index contributed by atoms with van der Waals surface area (Å²) in [6.45, 7) is 7.51. The van der Waals surface area contributed by atoms with Crippen LogP contribution in [0.15, 0.2) is 127 Å². The highest BCUT2D eigenvalue weighted by Gasteiger charge is 2.38. The highest BCUT2D eigenvalue weighted by atomic mass is 16.6. The highest BCUT2D eigenvalue weighted by Crippen LogP contribution is 2.37. The number of nitrogens with one attached hydrogen (secondary N) is 3. The van der Waals surface area contributed by atoms with Crippen molar-refractivity contribution in [1.29, 1.82) is 0 Å². The molecule has 0 unspecified atom stereocenters. The summed E-state index contributed by atoms with van der Waals surface area (Å²) in [5.41, 5.74) is 2.54. The number of amides is 3. The smallest absolute Gasteiger partial charge is 0.408 e. The number of alkyl carbamates (subject to hydrolysis) is 1. The van der Waals surface area contributed by atoms with E-state index >= 15 is 0 Å². The Hall–Kier alpha value is -5.74. The molecule has 4 rings (SSSR count). The molecule has 284 valence electrons. The lowest BCUT2D eigenvalue weighted by atomic mass is 9.77. The van der Waals surface area contributed by atoms with Gasteiger partial charge >= 0.3 is 12.1 Å². The van der Waals surface area contributed by atoms with Gasteiger partial charge in [-0.25, -0.2) is 9.59 Å². The van der Waals surface area contributed by atoms with E-state index in [0.29, 0.717) is 6.61 Å². The first-order chi connectivity index (χ1) is 25.9. The Balaban J connectivity index is 1.61. The monoisotopic (exact) mass is 733 g/mol. The number of carbonyl (C=O) groups excluding carboxylic acids is 4. The first-order valence-corrected chi connectivity index (χ1v) is 18.1. The van der Waals surface area contributed by atoms with Crippen LogP contribution in [0.2, 0.25) is 0 Å². The predicted molar refractivity (Wildman–Crippen MR) is 208 cm³/mol. The van der Waals surface area contributed by atoms with Crippen LogP contribution in [-0.2, 0) is 47.2 Å². The van der Waals surface area contributed by atoms with Crippen molar-refractivity contribution in [3.63, 3.8) is 0 Å². The SMILES string of the molecule is CCOC(=O)/C=C/[C@H](CCC(=O)NC(c1ccccc1)(c1ccccc1)c1ccccc1)NC(=O)[C@H](Cc1ccc(COC)cc1)NC(=O)OC(C)(C)C. The second-order valence-electron chi connectivity index (χ2n) is 13.8. The van der Waals surface area contributed by atoms with Gasteiger partial charge in [-0.3, -0.25) is 9.59 Å². The maximum atomic E-state index is 14.1. The third-order valence-electron chi connectivity index (χ3n) is 8.49. The van der Waals surface area contributed by atoms with Gasteiger partial charge in [0.2, 0.25) is 11.8 Å². The van der Waals surface area contributed by atoms with Gasteiger partial charge in [0.25, 0.3) is 0 Å². The average Bonchev–Trinajstić information content (AvgIpc) is 3.16. The van der Waals surface area contributed by atoms with Crippen molar-refractivity contribution >= 4 is 23.9 Å². The van der Waals surface area contributed by atoms with Gasteiger partial charge in [0.05, 0.1) is 13.2 Å². The maximum absolute atomic E-state index is 14.1. The third kappa shape index (κ3) is 12.2. The largest absolute Gasteiger partial charge is 0.463 e. The molecule has 4 aromatic rings. The maximum Gasteiger partial charge on any atom is 0.408 e. The minimum atomic E-state index is -1.04. The zero-order valence-electron chi connectivity index (χ0n) is 31.7. The fourth-order valence-electron chi connectivity index (χ4n) is 6.06. The van der Waals surface area contributed by atoms with Crippen LogP contribution in [-0.4, -0.2) is 55.3 Å². The molecular weight excluding hydrogens is 682 g/mol. The number of carbonyl (C=O) groups is 4. The molecule has 4 aromatic carbocycles. The van der Waals surface area contributed by atoms with E-state index in [9.17, 15) is 19.2 Å². The molecule has 10 nitrogen and oxygen atoms in total. The van der Waals surface area contributed by atoms with E-state index in [1.54, 1.807) is 34.8 Å². The van der Waals surface area contributed by atoms with Gasteiger partial charge in [0.15, 0.2) is 0 Å². The van der Waals surface area contributed by atoms with E-state index in [1.165, 1.54) is 12.2 Å². The van der Waals surface area contributed by atoms with Gasteiger partial charge in [-0.05, 0) is 61.9 Å². The molecular formula is C44H51N3O7. The van der Waals surface area contributed by atoms with Crippen molar-refractivity contribution in [2.24, 2.45) is 0 Å². The topological polar surface area (TPSA) is 132 Å². The second kappa shape index (κ2) is 19.9. The molecule has 0 aliphatic heterocycles. The number of ether oxygens (including phenoxy) is 3. The molecule has 0 radical (unpaired) electrons. The first kappa shape index (κ1) is 41.0. The van der Waals surface area contributed by atoms with E-state index in [2.05, 4.69) is 16.0 Å². The van der Waals surface area contributed by atoms with Crippen molar-refractivity contribution in [2.75, 3.05) is 13.7 Å². The molecule has 0 aliphatic rings. The molecule has 0 heterocycles. The molecule has 0 aliphatic carbocycles. The zero-order valence-corrected chi connectivity index (χ0v) is 31.7. The van der Waals surface area contributed by atoms with E-state index in [-0.39, 0.29) is 31.8 Å². The van der Waals surface area contributed by atoms with Gasteiger partial charge in [0.1, 0.15) is 17.2 Å². The van der Waals surface area contributed by atoms with Crippen LogP contribution in [0.3, 0.4) is 0 Å². The van der Waals surface area contributed by atoms with Crippen molar-refractivity contribution < 1.29 is 33.4 Å². The summed E-state index contributed by atoms with van der Waals surface area (Å²) in [7, 11) is 1.61. The van der Waals surface area contributed by atoms with E-state index in [4.69, 9.17) is 14.2 Å². The molecule has 2 atom stereocenters. The molecule has 3 N–H and O–H groups in total. The van der Waals surface area contributed by atoms with Crippen LogP contribution in [0, 0.1) is 0 Å². The minimum absolute atomic E-state index is 0.0164. The summed E-state index contributed by atoms with van der Waals surface area (Å²) in [5.74, 6) is -1.39. The lowest BCUT2D eigenvalue weighted by molar-refractivity contribution is -0.137. The zero-order chi connectivity index (χ0) is 39.0. The number of methoxy groups -OCH3 is 1. The number of rotatable bonds is 17. The van der Waals surface area contributed by atoms with Gasteiger partial charge in [-0.1, -0.05) is 121 Å². The van der Waals surface area contributed by atoms with Crippen molar-refractivity contribution in [3.8, 4) is 0 Å². The molecule has 10 heteroatoms. The Morgan fingerprint density at radius 2 is 1.24 bits per heavy atom. The van der Waals surface area contributed by atoms with Gasteiger partial charge < -0.3 is 30.2 Å². The molecule has 54 heavy (non-hydrogen) atoms. The van der Waals surface area contributed by atoms with E-state index < -0.39 is 41.2 Å². The molecule has 0 saturated carbocycles. The summed E-state index contributed by atoms with van der Waals surface area (Å²) in [5, 5.41) is 8.99. The molecule has 0 fully saturated rings.